The van der Waals surface area contributed by atoms with Crippen molar-refractivity contribution in [3.63, 3.8) is 0 Å². The second-order valence-corrected chi connectivity index (χ2v) is 3.41. The SMILES string of the molecule is COc1ccncc1OCOC(=O)C(C)C. The lowest BCUT2D eigenvalue weighted by Crippen LogP contribution is -2.15. The number of nitrogens with zero attached hydrogens (tertiary/aromatic N) is 1. The quantitative estimate of drug-likeness (QED) is 0.563. The van der Waals surface area contributed by atoms with Crippen LogP contribution < -0.4 is 9.47 Å². The third-order valence-corrected chi connectivity index (χ3v) is 1.85. The number of carbonyl (C=O) groups excluding carboxylic acids is 1. The third kappa shape index (κ3) is 3.42. The summed E-state index contributed by atoms with van der Waals surface area (Å²) in [7, 11) is 1.53. The molecule has 0 aliphatic heterocycles. The summed E-state index contributed by atoms with van der Waals surface area (Å²) in [5.74, 6) is 0.527. The number of ether oxygens (including phenoxy) is 3. The van der Waals surface area contributed by atoms with Gasteiger partial charge in [-0.2, -0.15) is 0 Å². The van der Waals surface area contributed by atoms with Gasteiger partial charge in [0.2, 0.25) is 6.79 Å². The first-order valence-corrected chi connectivity index (χ1v) is 4.92. The van der Waals surface area contributed by atoms with Gasteiger partial charge in [-0.3, -0.25) is 9.78 Å². The number of pyridine rings is 1. The van der Waals surface area contributed by atoms with Gasteiger partial charge in [0.05, 0.1) is 19.2 Å². The molecule has 0 radical (unpaired) electrons. The topological polar surface area (TPSA) is 57.6 Å². The van der Waals surface area contributed by atoms with Gasteiger partial charge in [-0.1, -0.05) is 13.8 Å². The van der Waals surface area contributed by atoms with Crippen LogP contribution in [-0.2, 0) is 9.53 Å². The Balaban J connectivity index is 2.45. The molecule has 1 aromatic rings. The molecule has 0 unspecified atom stereocenters. The third-order valence-electron chi connectivity index (χ3n) is 1.85. The average Bonchev–Trinajstić information content (AvgIpc) is 2.29. The fraction of sp³-hybridized carbons (Fsp3) is 0.455. The molecule has 0 N–H and O–H groups in total. The van der Waals surface area contributed by atoms with Crippen LogP contribution in [0, 0.1) is 5.92 Å². The van der Waals surface area contributed by atoms with Crippen LogP contribution in [0.2, 0.25) is 0 Å². The van der Waals surface area contributed by atoms with E-state index in [1.165, 1.54) is 13.3 Å². The van der Waals surface area contributed by atoms with Gasteiger partial charge in [0.15, 0.2) is 11.5 Å². The van der Waals surface area contributed by atoms with Gasteiger partial charge in [-0.25, -0.2) is 0 Å². The van der Waals surface area contributed by atoms with Crippen molar-refractivity contribution in [1.82, 2.24) is 4.98 Å². The lowest BCUT2D eigenvalue weighted by atomic mass is 10.2. The number of hydrogen-bond acceptors (Lipinski definition) is 5. The molecule has 0 saturated carbocycles. The van der Waals surface area contributed by atoms with Crippen molar-refractivity contribution in [2.45, 2.75) is 13.8 Å². The molecule has 1 rings (SSSR count). The van der Waals surface area contributed by atoms with Crippen molar-refractivity contribution in [2.24, 2.45) is 5.92 Å². The Labute approximate surface area is 94.3 Å². The Morgan fingerprint density at radius 1 is 1.44 bits per heavy atom. The van der Waals surface area contributed by atoms with Crippen molar-refractivity contribution in [2.75, 3.05) is 13.9 Å². The molecule has 0 spiro atoms. The molecule has 0 aliphatic rings. The van der Waals surface area contributed by atoms with Crippen molar-refractivity contribution >= 4 is 5.97 Å². The van der Waals surface area contributed by atoms with Gasteiger partial charge in [0.25, 0.3) is 0 Å². The maximum atomic E-state index is 11.1. The smallest absolute Gasteiger partial charge is 0.311 e. The first-order chi connectivity index (χ1) is 7.65. The second kappa shape index (κ2) is 5.95. The molecule has 0 aromatic carbocycles. The van der Waals surface area contributed by atoms with E-state index in [1.54, 1.807) is 26.1 Å². The van der Waals surface area contributed by atoms with E-state index < -0.39 is 0 Å². The van der Waals surface area contributed by atoms with E-state index in [0.29, 0.717) is 11.5 Å². The monoisotopic (exact) mass is 225 g/mol. The Morgan fingerprint density at radius 2 is 2.19 bits per heavy atom. The predicted molar refractivity (Wildman–Crippen MR) is 57.2 cm³/mol. The number of methoxy groups -OCH3 is 1. The highest BCUT2D eigenvalue weighted by molar-refractivity contribution is 5.71. The highest BCUT2D eigenvalue weighted by Gasteiger charge is 2.09. The molecule has 0 aliphatic carbocycles. The van der Waals surface area contributed by atoms with Crippen LogP contribution in [0.3, 0.4) is 0 Å². The molecular formula is C11H15NO4. The van der Waals surface area contributed by atoms with Gasteiger partial charge < -0.3 is 14.2 Å². The highest BCUT2D eigenvalue weighted by Crippen LogP contribution is 2.24. The minimum atomic E-state index is -0.303. The zero-order chi connectivity index (χ0) is 12.0. The maximum absolute atomic E-state index is 11.1. The minimum absolute atomic E-state index is 0.140. The van der Waals surface area contributed by atoms with E-state index in [0.717, 1.165) is 0 Å². The summed E-state index contributed by atoms with van der Waals surface area (Å²) in [6, 6.07) is 1.67. The average molecular weight is 225 g/mol. The second-order valence-electron chi connectivity index (χ2n) is 3.41. The van der Waals surface area contributed by atoms with Crippen molar-refractivity contribution in [3.8, 4) is 11.5 Å². The molecular weight excluding hydrogens is 210 g/mol. The van der Waals surface area contributed by atoms with E-state index in [2.05, 4.69) is 4.98 Å². The molecule has 0 atom stereocenters. The zero-order valence-corrected chi connectivity index (χ0v) is 9.60. The van der Waals surface area contributed by atoms with Crippen LogP contribution >= 0.6 is 0 Å². The summed E-state index contributed by atoms with van der Waals surface area (Å²) >= 11 is 0. The fourth-order valence-electron chi connectivity index (χ4n) is 0.962. The Kier molecular flexibility index (Phi) is 4.57. The maximum Gasteiger partial charge on any atom is 0.311 e. The van der Waals surface area contributed by atoms with Crippen molar-refractivity contribution in [1.29, 1.82) is 0 Å². The molecule has 88 valence electrons. The molecule has 1 heterocycles. The van der Waals surface area contributed by atoms with E-state index in [9.17, 15) is 4.79 Å². The van der Waals surface area contributed by atoms with Crippen LogP contribution in [0.5, 0.6) is 11.5 Å². The molecule has 1 aromatic heterocycles. The number of esters is 1. The summed E-state index contributed by atoms with van der Waals surface area (Å²) in [4.78, 5) is 15.0. The van der Waals surface area contributed by atoms with Crippen LogP contribution in [0.25, 0.3) is 0 Å². The summed E-state index contributed by atoms with van der Waals surface area (Å²) in [5, 5.41) is 0. The molecule has 0 saturated heterocycles. The van der Waals surface area contributed by atoms with Gasteiger partial charge in [0, 0.05) is 12.3 Å². The van der Waals surface area contributed by atoms with E-state index in [4.69, 9.17) is 14.2 Å². The van der Waals surface area contributed by atoms with Gasteiger partial charge >= 0.3 is 5.97 Å². The summed E-state index contributed by atoms with van der Waals surface area (Å²) in [6.07, 6.45) is 3.09. The highest BCUT2D eigenvalue weighted by atomic mass is 16.7. The number of rotatable bonds is 5. The van der Waals surface area contributed by atoms with Gasteiger partial charge in [-0.05, 0) is 0 Å². The lowest BCUT2D eigenvalue weighted by Gasteiger charge is -2.10. The Hall–Kier alpha value is -1.78. The molecule has 5 nitrogen and oxygen atoms in total. The van der Waals surface area contributed by atoms with E-state index >= 15 is 0 Å². The number of aromatic nitrogens is 1. The first kappa shape index (κ1) is 12.3. The van der Waals surface area contributed by atoms with E-state index in [-0.39, 0.29) is 18.7 Å². The van der Waals surface area contributed by atoms with Crippen LogP contribution in [0.1, 0.15) is 13.8 Å². The zero-order valence-electron chi connectivity index (χ0n) is 9.60. The first-order valence-electron chi connectivity index (χ1n) is 4.92. The number of hydrogen-bond donors (Lipinski definition) is 0. The summed E-state index contributed by atoms with van der Waals surface area (Å²) < 4.78 is 15.1. The number of carbonyl (C=O) groups is 1. The molecule has 16 heavy (non-hydrogen) atoms. The molecule has 0 fully saturated rings. The Bertz CT molecular complexity index is 352. The summed E-state index contributed by atoms with van der Waals surface area (Å²) in [6.45, 7) is 3.37. The molecule has 5 heteroatoms. The van der Waals surface area contributed by atoms with Gasteiger partial charge in [0.1, 0.15) is 0 Å². The predicted octanol–water partition coefficient (Wildman–Crippen LogP) is 1.63. The lowest BCUT2D eigenvalue weighted by molar-refractivity contribution is -0.154. The standard InChI is InChI=1S/C11H15NO4/c1-8(2)11(13)16-7-15-10-6-12-5-4-9(10)14-3/h4-6,8H,7H2,1-3H3. The minimum Gasteiger partial charge on any atom is -0.493 e. The van der Waals surface area contributed by atoms with Crippen molar-refractivity contribution < 1.29 is 19.0 Å². The van der Waals surface area contributed by atoms with Crippen LogP contribution in [-0.4, -0.2) is 24.9 Å². The largest absolute Gasteiger partial charge is 0.493 e. The molecule has 0 amide bonds. The molecule has 0 bridgehead atoms. The Morgan fingerprint density at radius 3 is 2.81 bits per heavy atom. The van der Waals surface area contributed by atoms with E-state index in [1.807, 2.05) is 0 Å². The fourth-order valence-corrected chi connectivity index (χ4v) is 0.962. The normalized spacial score (nSPS) is 10.0. The van der Waals surface area contributed by atoms with Crippen LogP contribution in [0.4, 0.5) is 0 Å². The van der Waals surface area contributed by atoms with Crippen LogP contribution in [0.15, 0.2) is 18.5 Å². The van der Waals surface area contributed by atoms with Crippen molar-refractivity contribution in [3.05, 3.63) is 18.5 Å². The summed E-state index contributed by atoms with van der Waals surface area (Å²) in [5.41, 5.74) is 0. The van der Waals surface area contributed by atoms with Gasteiger partial charge in [-0.15, -0.1) is 0 Å².